The van der Waals surface area contributed by atoms with E-state index in [0.29, 0.717) is 12.4 Å². The average Bonchev–Trinajstić information content (AvgIpc) is 3.04. The van der Waals surface area contributed by atoms with Crippen LogP contribution in [-0.4, -0.2) is 16.6 Å². The smallest absolute Gasteiger partial charge is 0.143 e. The fraction of sp³-hybridized carbons (Fsp3) is 0.143. The summed E-state index contributed by atoms with van der Waals surface area (Å²) in [5, 5.41) is 2.92. The normalized spacial score (nSPS) is 17.4. The number of thiophene rings is 1. The first-order chi connectivity index (χ1) is 9.33. The number of rotatable bonds is 1. The molecule has 5 heteroatoms. The summed E-state index contributed by atoms with van der Waals surface area (Å²) in [5.41, 5.74) is 7.14. The summed E-state index contributed by atoms with van der Waals surface area (Å²) >= 11 is 1.58. The van der Waals surface area contributed by atoms with Crippen LogP contribution in [0.15, 0.2) is 35.7 Å². The van der Waals surface area contributed by atoms with Gasteiger partial charge in [-0.2, -0.15) is 0 Å². The molecule has 1 aromatic carbocycles. The van der Waals surface area contributed by atoms with Crippen LogP contribution in [0, 0.1) is 0 Å². The molecule has 3 heterocycles. The number of aromatic nitrogens is 2. The molecule has 0 fully saturated rings. The van der Waals surface area contributed by atoms with Crippen LogP contribution < -0.4 is 10.5 Å². The molecular formula is C14H11N3OS. The first-order valence-corrected chi connectivity index (χ1v) is 6.93. The largest absolute Gasteiger partial charge is 0.492 e. The van der Waals surface area contributed by atoms with Crippen molar-refractivity contribution in [1.82, 2.24) is 9.97 Å². The second kappa shape index (κ2) is 3.93. The van der Waals surface area contributed by atoms with Gasteiger partial charge in [0.1, 0.15) is 28.8 Å². The van der Waals surface area contributed by atoms with E-state index >= 15 is 0 Å². The third kappa shape index (κ3) is 1.58. The number of nitrogens with zero attached hydrogens (tertiary/aromatic N) is 2. The van der Waals surface area contributed by atoms with Crippen molar-refractivity contribution in [3.63, 3.8) is 0 Å². The Labute approximate surface area is 113 Å². The van der Waals surface area contributed by atoms with Crippen molar-refractivity contribution in [2.45, 2.75) is 5.92 Å². The summed E-state index contributed by atoms with van der Waals surface area (Å²) < 4.78 is 5.68. The van der Waals surface area contributed by atoms with E-state index < -0.39 is 0 Å². The third-order valence-corrected chi connectivity index (χ3v) is 4.19. The summed E-state index contributed by atoms with van der Waals surface area (Å²) in [5.74, 6) is 2.29. The molecule has 4 nitrogen and oxygen atoms in total. The number of hydrogen-bond donors (Lipinski definition) is 1. The fourth-order valence-electron chi connectivity index (χ4n) is 2.43. The Balaban J connectivity index is 1.87. The van der Waals surface area contributed by atoms with Gasteiger partial charge in [0.25, 0.3) is 0 Å². The Kier molecular flexibility index (Phi) is 2.22. The highest BCUT2D eigenvalue weighted by Gasteiger charge is 2.28. The van der Waals surface area contributed by atoms with Crippen molar-refractivity contribution in [1.29, 1.82) is 0 Å². The van der Waals surface area contributed by atoms with Crippen LogP contribution in [0.25, 0.3) is 10.2 Å². The first-order valence-electron chi connectivity index (χ1n) is 6.05. The number of fused-ring (bicyclic) bond motifs is 2. The van der Waals surface area contributed by atoms with Crippen LogP contribution in [0.2, 0.25) is 0 Å². The zero-order chi connectivity index (χ0) is 12.8. The molecule has 1 aliphatic rings. The van der Waals surface area contributed by atoms with Crippen LogP contribution in [0.4, 0.5) is 5.82 Å². The summed E-state index contributed by atoms with van der Waals surface area (Å²) in [6, 6.07) is 9.97. The number of hydrogen-bond acceptors (Lipinski definition) is 5. The molecule has 3 aromatic rings. The molecule has 0 amide bonds. The molecule has 0 bridgehead atoms. The molecule has 19 heavy (non-hydrogen) atoms. The van der Waals surface area contributed by atoms with Crippen molar-refractivity contribution in [2.24, 2.45) is 0 Å². The third-order valence-electron chi connectivity index (χ3n) is 3.38. The minimum absolute atomic E-state index is 0.0741. The van der Waals surface area contributed by atoms with Gasteiger partial charge in [0, 0.05) is 5.56 Å². The summed E-state index contributed by atoms with van der Waals surface area (Å²) in [4.78, 5) is 10.0. The zero-order valence-electron chi connectivity index (χ0n) is 10.0. The van der Waals surface area contributed by atoms with Crippen LogP contribution in [0.1, 0.15) is 17.3 Å². The topological polar surface area (TPSA) is 61.0 Å². The molecule has 0 aliphatic carbocycles. The number of nitrogens with two attached hydrogens (primary N) is 1. The number of anilines is 1. The van der Waals surface area contributed by atoms with Crippen molar-refractivity contribution >= 4 is 27.4 Å². The quantitative estimate of drug-likeness (QED) is 0.738. The molecule has 0 saturated carbocycles. The van der Waals surface area contributed by atoms with E-state index in [2.05, 4.69) is 16.0 Å². The molecule has 0 saturated heterocycles. The lowest BCUT2D eigenvalue weighted by atomic mass is 10.0. The second-order valence-corrected chi connectivity index (χ2v) is 5.40. The van der Waals surface area contributed by atoms with Crippen molar-refractivity contribution in [3.8, 4) is 5.75 Å². The van der Waals surface area contributed by atoms with Crippen molar-refractivity contribution in [2.75, 3.05) is 12.3 Å². The van der Waals surface area contributed by atoms with Crippen LogP contribution in [0.3, 0.4) is 0 Å². The monoisotopic (exact) mass is 269 g/mol. The number of para-hydroxylation sites is 1. The summed E-state index contributed by atoms with van der Waals surface area (Å²) in [6.07, 6.45) is 0. The Morgan fingerprint density at radius 2 is 2.11 bits per heavy atom. The molecule has 1 atom stereocenters. The van der Waals surface area contributed by atoms with Crippen molar-refractivity contribution in [3.05, 3.63) is 47.1 Å². The van der Waals surface area contributed by atoms with E-state index in [9.17, 15) is 0 Å². The SMILES string of the molecule is Nc1nc(C2COc3ccccc32)nc2sccc12. The Hall–Kier alpha value is -2.14. The van der Waals surface area contributed by atoms with E-state index in [1.165, 1.54) is 0 Å². The maximum atomic E-state index is 6.00. The van der Waals surface area contributed by atoms with Gasteiger partial charge in [-0.05, 0) is 17.5 Å². The second-order valence-electron chi connectivity index (χ2n) is 4.51. The first kappa shape index (κ1) is 10.8. The van der Waals surface area contributed by atoms with E-state index in [4.69, 9.17) is 10.5 Å². The van der Waals surface area contributed by atoms with E-state index in [1.54, 1.807) is 11.3 Å². The van der Waals surface area contributed by atoms with Crippen LogP contribution >= 0.6 is 11.3 Å². The Bertz CT molecular complexity index is 768. The van der Waals surface area contributed by atoms with Crippen molar-refractivity contribution < 1.29 is 4.74 Å². The number of nitrogen functional groups attached to an aromatic ring is 1. The van der Waals surface area contributed by atoms with Crippen LogP contribution in [0.5, 0.6) is 5.75 Å². The fourth-order valence-corrected chi connectivity index (χ4v) is 3.21. The highest BCUT2D eigenvalue weighted by Crippen LogP contribution is 2.37. The van der Waals surface area contributed by atoms with Gasteiger partial charge in [-0.1, -0.05) is 18.2 Å². The molecule has 2 N–H and O–H groups in total. The van der Waals surface area contributed by atoms with Gasteiger partial charge in [0.15, 0.2) is 0 Å². The molecular weight excluding hydrogens is 258 g/mol. The highest BCUT2D eigenvalue weighted by molar-refractivity contribution is 7.16. The molecule has 1 unspecified atom stereocenters. The molecule has 0 spiro atoms. The molecule has 1 aliphatic heterocycles. The van der Waals surface area contributed by atoms with Gasteiger partial charge in [0.2, 0.25) is 0 Å². The Morgan fingerprint density at radius 1 is 1.21 bits per heavy atom. The van der Waals surface area contributed by atoms with Gasteiger partial charge in [-0.25, -0.2) is 9.97 Å². The summed E-state index contributed by atoms with van der Waals surface area (Å²) in [6.45, 7) is 0.579. The molecule has 4 rings (SSSR count). The number of ether oxygens (including phenoxy) is 1. The van der Waals surface area contributed by atoms with E-state index in [1.807, 2.05) is 29.6 Å². The number of benzene rings is 1. The maximum absolute atomic E-state index is 6.00. The van der Waals surface area contributed by atoms with Gasteiger partial charge in [0.05, 0.1) is 11.3 Å². The lowest BCUT2D eigenvalue weighted by molar-refractivity contribution is 0.340. The van der Waals surface area contributed by atoms with Gasteiger partial charge in [-0.3, -0.25) is 0 Å². The van der Waals surface area contributed by atoms with E-state index in [-0.39, 0.29) is 5.92 Å². The lowest BCUT2D eigenvalue weighted by Gasteiger charge is -2.08. The zero-order valence-corrected chi connectivity index (χ0v) is 10.9. The minimum atomic E-state index is 0.0741. The van der Waals surface area contributed by atoms with Gasteiger partial charge < -0.3 is 10.5 Å². The predicted octanol–water partition coefficient (Wildman–Crippen LogP) is 2.80. The predicted molar refractivity (Wildman–Crippen MR) is 75.6 cm³/mol. The Morgan fingerprint density at radius 3 is 3.05 bits per heavy atom. The molecule has 0 radical (unpaired) electrons. The van der Waals surface area contributed by atoms with Gasteiger partial charge in [-0.15, -0.1) is 11.3 Å². The average molecular weight is 269 g/mol. The lowest BCUT2D eigenvalue weighted by Crippen LogP contribution is -2.09. The molecule has 2 aromatic heterocycles. The van der Waals surface area contributed by atoms with Gasteiger partial charge >= 0.3 is 0 Å². The maximum Gasteiger partial charge on any atom is 0.143 e. The molecule has 94 valence electrons. The summed E-state index contributed by atoms with van der Waals surface area (Å²) in [7, 11) is 0. The minimum Gasteiger partial charge on any atom is -0.492 e. The standard InChI is InChI=1S/C14H11N3OS/c15-12-9-5-6-19-14(9)17-13(16-12)10-7-18-11-4-2-1-3-8(10)11/h1-6,10H,7H2,(H2,15,16,17). The van der Waals surface area contributed by atoms with E-state index in [0.717, 1.165) is 27.4 Å². The highest BCUT2D eigenvalue weighted by atomic mass is 32.1. The van der Waals surface area contributed by atoms with Crippen LogP contribution in [-0.2, 0) is 0 Å².